The van der Waals surface area contributed by atoms with Gasteiger partial charge in [0.2, 0.25) is 5.91 Å². The van der Waals surface area contributed by atoms with Crippen LogP contribution >= 0.6 is 12.6 Å². The van der Waals surface area contributed by atoms with Crippen LogP contribution in [0.15, 0.2) is 0 Å². The predicted molar refractivity (Wildman–Crippen MR) is 79.4 cm³/mol. The Balaban J connectivity index is 5.33. The maximum Gasteiger partial charge on any atom is 0.328 e. The number of esters is 2. The highest BCUT2D eigenvalue weighted by molar-refractivity contribution is 7.80. The van der Waals surface area contributed by atoms with Gasteiger partial charge in [-0.15, -0.1) is 0 Å². The highest BCUT2D eigenvalue weighted by atomic mass is 32.1. The Labute approximate surface area is 134 Å². The normalized spacial score (nSPS) is 12.9. The summed E-state index contributed by atoms with van der Waals surface area (Å²) in [4.78, 5) is 47.3. The van der Waals surface area contributed by atoms with Gasteiger partial charge in [0.15, 0.2) is 0 Å². The van der Waals surface area contributed by atoms with Gasteiger partial charge in [-0.3, -0.25) is 14.4 Å². The van der Waals surface area contributed by atoms with Crippen LogP contribution in [0.4, 0.5) is 0 Å². The van der Waals surface area contributed by atoms with E-state index in [2.05, 4.69) is 22.1 Å². The Morgan fingerprint density at radius 3 is 2.18 bits per heavy atom. The van der Waals surface area contributed by atoms with Crippen LogP contribution in [0.25, 0.3) is 0 Å². The highest BCUT2D eigenvalue weighted by Gasteiger charge is 2.34. The molecule has 0 heterocycles. The molecule has 9 heteroatoms. The average molecular weight is 335 g/mol. The molecule has 2 atom stereocenters. The van der Waals surface area contributed by atoms with Crippen LogP contribution in [-0.4, -0.2) is 66.4 Å². The molecule has 0 aromatic heterocycles. The smallest absolute Gasteiger partial charge is 0.328 e. The SMILES string of the molecule is COC(=O)CC[C@H](C(=O)OC)N(CC(=O)O)C(=O)[C@H](C)CS. The van der Waals surface area contributed by atoms with Crippen molar-refractivity contribution in [1.29, 1.82) is 0 Å². The Morgan fingerprint density at radius 2 is 1.77 bits per heavy atom. The van der Waals surface area contributed by atoms with Crippen LogP contribution in [-0.2, 0) is 28.7 Å². The topological polar surface area (TPSA) is 110 Å². The van der Waals surface area contributed by atoms with Crippen LogP contribution in [0.3, 0.4) is 0 Å². The maximum atomic E-state index is 12.3. The Morgan fingerprint density at radius 1 is 1.18 bits per heavy atom. The predicted octanol–water partition coefficient (Wildman–Crippen LogP) is -0.0397. The second-order valence-corrected chi connectivity index (χ2v) is 4.96. The lowest BCUT2D eigenvalue weighted by atomic mass is 10.1. The van der Waals surface area contributed by atoms with Crippen molar-refractivity contribution in [2.45, 2.75) is 25.8 Å². The van der Waals surface area contributed by atoms with Gasteiger partial charge in [-0.1, -0.05) is 6.92 Å². The minimum Gasteiger partial charge on any atom is -0.480 e. The summed E-state index contributed by atoms with van der Waals surface area (Å²) in [6.45, 7) is 0.900. The van der Waals surface area contributed by atoms with Gasteiger partial charge in [0.25, 0.3) is 0 Å². The lowest BCUT2D eigenvalue weighted by molar-refractivity contribution is -0.158. The number of carboxylic acids is 1. The first-order valence-electron chi connectivity index (χ1n) is 6.56. The van der Waals surface area contributed by atoms with Crippen LogP contribution in [0, 0.1) is 5.92 Å². The van der Waals surface area contributed by atoms with E-state index in [1.165, 1.54) is 7.11 Å². The van der Waals surface area contributed by atoms with Gasteiger partial charge in [0, 0.05) is 18.1 Å². The molecule has 0 saturated heterocycles. The number of nitrogens with zero attached hydrogens (tertiary/aromatic N) is 1. The second kappa shape index (κ2) is 10.0. The molecule has 0 aliphatic heterocycles. The first-order valence-corrected chi connectivity index (χ1v) is 7.19. The summed E-state index contributed by atoms with van der Waals surface area (Å²) in [5.74, 6) is -3.55. The van der Waals surface area contributed by atoms with E-state index in [0.717, 1.165) is 12.0 Å². The zero-order valence-electron chi connectivity index (χ0n) is 12.8. The van der Waals surface area contributed by atoms with Gasteiger partial charge >= 0.3 is 17.9 Å². The van der Waals surface area contributed by atoms with E-state index in [0.29, 0.717) is 0 Å². The van der Waals surface area contributed by atoms with Gasteiger partial charge in [-0.05, 0) is 6.42 Å². The van der Waals surface area contributed by atoms with E-state index in [-0.39, 0.29) is 18.6 Å². The molecule has 0 unspecified atom stereocenters. The minimum atomic E-state index is -1.27. The van der Waals surface area contributed by atoms with Crippen molar-refractivity contribution in [2.75, 3.05) is 26.5 Å². The van der Waals surface area contributed by atoms with Crippen molar-refractivity contribution in [3.63, 3.8) is 0 Å². The standard InChI is InChI=1S/C13H21NO7S/c1-8(7-22)12(18)14(6-10(15)16)9(13(19)21-3)4-5-11(17)20-2/h8-9,22H,4-7H2,1-3H3,(H,15,16)/t8-,9-/m1/s1. The second-order valence-electron chi connectivity index (χ2n) is 4.60. The third-order valence-electron chi connectivity index (χ3n) is 2.98. The summed E-state index contributed by atoms with van der Waals surface area (Å²) in [6.07, 6.45) is -0.230. The van der Waals surface area contributed by atoms with Crippen molar-refractivity contribution >= 4 is 36.4 Å². The fourth-order valence-corrected chi connectivity index (χ4v) is 1.90. The number of thiol groups is 1. The van der Waals surface area contributed by atoms with E-state index in [1.54, 1.807) is 6.92 Å². The zero-order valence-corrected chi connectivity index (χ0v) is 13.7. The molecule has 8 nitrogen and oxygen atoms in total. The Hall–Kier alpha value is -1.77. The number of aliphatic carboxylic acids is 1. The molecule has 0 aromatic carbocycles. The van der Waals surface area contributed by atoms with E-state index in [4.69, 9.17) is 5.11 Å². The molecule has 0 bridgehead atoms. The number of ether oxygens (including phenoxy) is 2. The molecular weight excluding hydrogens is 314 g/mol. The molecule has 0 saturated carbocycles. The molecule has 0 aliphatic carbocycles. The van der Waals surface area contributed by atoms with Crippen molar-refractivity contribution < 1.29 is 33.8 Å². The lowest BCUT2D eigenvalue weighted by Crippen LogP contribution is -2.50. The summed E-state index contributed by atoms with van der Waals surface area (Å²) in [7, 11) is 2.32. The fourth-order valence-electron chi connectivity index (χ4n) is 1.74. The molecule has 1 amide bonds. The van der Waals surface area contributed by atoms with Crippen LogP contribution < -0.4 is 0 Å². The van der Waals surface area contributed by atoms with E-state index in [1.807, 2.05) is 0 Å². The zero-order chi connectivity index (χ0) is 17.3. The summed E-state index contributed by atoms with van der Waals surface area (Å²) in [5.41, 5.74) is 0. The Bertz CT molecular complexity index is 427. The van der Waals surface area contributed by atoms with Crippen molar-refractivity contribution in [1.82, 2.24) is 4.90 Å². The highest BCUT2D eigenvalue weighted by Crippen LogP contribution is 2.15. The number of carboxylic acid groups (broad SMARTS) is 1. The molecule has 22 heavy (non-hydrogen) atoms. The number of hydrogen-bond acceptors (Lipinski definition) is 7. The molecule has 1 N–H and O–H groups in total. The summed E-state index contributed by atoms with van der Waals surface area (Å²) >= 11 is 4.00. The van der Waals surface area contributed by atoms with Crippen LogP contribution in [0.5, 0.6) is 0 Å². The van der Waals surface area contributed by atoms with Gasteiger partial charge in [0.05, 0.1) is 14.2 Å². The van der Waals surface area contributed by atoms with E-state index < -0.39 is 42.3 Å². The molecule has 0 rings (SSSR count). The number of carbonyl (C=O) groups is 4. The molecular formula is C13H21NO7S. The number of hydrogen-bond donors (Lipinski definition) is 2. The van der Waals surface area contributed by atoms with Gasteiger partial charge in [-0.2, -0.15) is 12.6 Å². The van der Waals surface area contributed by atoms with Gasteiger partial charge in [-0.25, -0.2) is 4.79 Å². The summed E-state index contributed by atoms with van der Waals surface area (Å²) in [6, 6.07) is -1.17. The largest absolute Gasteiger partial charge is 0.480 e. The third kappa shape index (κ3) is 6.33. The molecule has 0 aliphatic rings. The maximum absolute atomic E-state index is 12.3. The molecule has 0 radical (unpaired) electrons. The number of methoxy groups -OCH3 is 2. The van der Waals surface area contributed by atoms with E-state index >= 15 is 0 Å². The Kier molecular flexibility index (Phi) is 9.23. The van der Waals surface area contributed by atoms with Crippen molar-refractivity contribution in [2.24, 2.45) is 5.92 Å². The number of amides is 1. The first kappa shape index (κ1) is 20.2. The van der Waals surface area contributed by atoms with Crippen LogP contribution in [0.2, 0.25) is 0 Å². The van der Waals surface area contributed by atoms with Gasteiger partial charge < -0.3 is 19.5 Å². The van der Waals surface area contributed by atoms with Crippen molar-refractivity contribution in [3.8, 4) is 0 Å². The fraction of sp³-hybridized carbons (Fsp3) is 0.692. The molecule has 0 spiro atoms. The molecule has 126 valence electrons. The lowest BCUT2D eigenvalue weighted by Gasteiger charge is -2.30. The number of rotatable bonds is 9. The van der Waals surface area contributed by atoms with E-state index in [9.17, 15) is 19.2 Å². The number of carbonyl (C=O) groups excluding carboxylic acids is 3. The average Bonchev–Trinajstić information content (AvgIpc) is 2.51. The first-order chi connectivity index (χ1) is 10.3. The third-order valence-corrected chi connectivity index (χ3v) is 3.53. The quantitative estimate of drug-likeness (QED) is 0.449. The molecule has 0 fully saturated rings. The van der Waals surface area contributed by atoms with Gasteiger partial charge in [0.1, 0.15) is 12.6 Å². The molecule has 0 aromatic rings. The minimum absolute atomic E-state index is 0.0857. The van der Waals surface area contributed by atoms with Crippen LogP contribution in [0.1, 0.15) is 19.8 Å². The van der Waals surface area contributed by atoms with Crippen molar-refractivity contribution in [3.05, 3.63) is 0 Å². The summed E-state index contributed by atoms with van der Waals surface area (Å²) in [5, 5.41) is 8.96. The summed E-state index contributed by atoms with van der Waals surface area (Å²) < 4.78 is 9.09. The monoisotopic (exact) mass is 335 g/mol.